The van der Waals surface area contributed by atoms with Crippen LogP contribution in [0.15, 0.2) is 12.1 Å². The Morgan fingerprint density at radius 3 is 2.00 bits per heavy atom. The molecule has 1 heteroatoms. The van der Waals surface area contributed by atoms with Gasteiger partial charge in [-0.3, -0.25) is 0 Å². The lowest BCUT2D eigenvalue weighted by molar-refractivity contribution is 0.497. The number of aryl methyl sites for hydroxylation is 3. The second kappa shape index (κ2) is 5.52. The van der Waals surface area contributed by atoms with E-state index in [2.05, 4.69) is 32.9 Å². The van der Waals surface area contributed by atoms with Gasteiger partial charge in [-0.05, 0) is 72.1 Å². The molecular formula is C19H29N. The predicted octanol–water partition coefficient (Wildman–Crippen LogP) is 4.42. The van der Waals surface area contributed by atoms with E-state index in [4.69, 9.17) is 5.73 Å². The highest BCUT2D eigenvalue weighted by atomic mass is 14.8. The van der Waals surface area contributed by atoms with Gasteiger partial charge in [0.2, 0.25) is 0 Å². The zero-order valence-corrected chi connectivity index (χ0v) is 13.3. The SMILES string of the molecule is CCc1cc(CC)c(C(N)C2C3CCCC32)c(CC)c1. The van der Waals surface area contributed by atoms with Crippen molar-refractivity contribution in [2.45, 2.75) is 65.3 Å². The number of hydrogen-bond acceptors (Lipinski definition) is 1. The van der Waals surface area contributed by atoms with Crippen LogP contribution in [0.25, 0.3) is 0 Å². The highest BCUT2D eigenvalue weighted by Crippen LogP contribution is 2.62. The zero-order chi connectivity index (χ0) is 14.3. The van der Waals surface area contributed by atoms with Crippen LogP contribution in [0.3, 0.4) is 0 Å². The highest BCUT2D eigenvalue weighted by Gasteiger charge is 2.55. The molecule has 3 unspecified atom stereocenters. The third-order valence-corrected chi connectivity index (χ3v) is 5.80. The molecular weight excluding hydrogens is 242 g/mol. The smallest absolute Gasteiger partial charge is 0.0334 e. The minimum Gasteiger partial charge on any atom is -0.324 e. The number of hydrogen-bond donors (Lipinski definition) is 1. The Hall–Kier alpha value is -0.820. The van der Waals surface area contributed by atoms with Gasteiger partial charge in [0.05, 0.1) is 0 Å². The van der Waals surface area contributed by atoms with Gasteiger partial charge in [0, 0.05) is 6.04 Å². The first-order valence-corrected chi connectivity index (χ1v) is 8.61. The standard InChI is InChI=1S/C19H29N/c1-4-12-10-13(5-2)17(14(6-3)11-12)19(20)18-15-8-7-9-16(15)18/h10-11,15-16,18-19H,4-9,20H2,1-3H3. The summed E-state index contributed by atoms with van der Waals surface area (Å²) in [4.78, 5) is 0. The summed E-state index contributed by atoms with van der Waals surface area (Å²) in [6, 6.07) is 5.11. The van der Waals surface area contributed by atoms with Crippen LogP contribution in [0.4, 0.5) is 0 Å². The molecule has 0 radical (unpaired) electrons. The summed E-state index contributed by atoms with van der Waals surface area (Å²) in [5, 5.41) is 0. The lowest BCUT2D eigenvalue weighted by Crippen LogP contribution is -2.19. The molecule has 2 aliphatic rings. The Labute approximate surface area is 124 Å². The third-order valence-electron chi connectivity index (χ3n) is 5.80. The van der Waals surface area contributed by atoms with Gasteiger partial charge in [-0.15, -0.1) is 0 Å². The minimum atomic E-state index is 0.293. The fraction of sp³-hybridized carbons (Fsp3) is 0.684. The molecule has 2 saturated carbocycles. The van der Waals surface area contributed by atoms with Crippen molar-refractivity contribution < 1.29 is 0 Å². The van der Waals surface area contributed by atoms with Crippen LogP contribution >= 0.6 is 0 Å². The van der Waals surface area contributed by atoms with Crippen molar-refractivity contribution in [2.75, 3.05) is 0 Å². The average molecular weight is 271 g/mol. The summed E-state index contributed by atoms with van der Waals surface area (Å²) in [5.74, 6) is 2.68. The van der Waals surface area contributed by atoms with Gasteiger partial charge in [-0.2, -0.15) is 0 Å². The third kappa shape index (κ3) is 2.20. The second-order valence-corrected chi connectivity index (χ2v) is 6.75. The molecule has 2 N–H and O–H groups in total. The van der Waals surface area contributed by atoms with Crippen molar-refractivity contribution in [3.05, 3.63) is 34.4 Å². The molecule has 0 heterocycles. The van der Waals surface area contributed by atoms with E-state index < -0.39 is 0 Å². The lowest BCUT2D eigenvalue weighted by Gasteiger charge is -2.22. The number of nitrogens with two attached hydrogens (primary N) is 1. The van der Waals surface area contributed by atoms with Crippen LogP contribution in [-0.4, -0.2) is 0 Å². The van der Waals surface area contributed by atoms with Gasteiger partial charge in [-0.1, -0.05) is 39.3 Å². The predicted molar refractivity (Wildman–Crippen MR) is 85.8 cm³/mol. The molecule has 1 nitrogen and oxygen atoms in total. The minimum absolute atomic E-state index is 0.293. The molecule has 2 aliphatic carbocycles. The van der Waals surface area contributed by atoms with E-state index >= 15 is 0 Å². The van der Waals surface area contributed by atoms with Gasteiger partial charge < -0.3 is 5.73 Å². The molecule has 1 aromatic carbocycles. The van der Waals surface area contributed by atoms with Crippen molar-refractivity contribution in [3.63, 3.8) is 0 Å². The van der Waals surface area contributed by atoms with Crippen LogP contribution in [0.1, 0.15) is 68.3 Å². The molecule has 0 aromatic heterocycles. The van der Waals surface area contributed by atoms with Crippen molar-refractivity contribution in [2.24, 2.45) is 23.5 Å². The van der Waals surface area contributed by atoms with Crippen LogP contribution in [0.5, 0.6) is 0 Å². The Morgan fingerprint density at radius 1 is 1.00 bits per heavy atom. The lowest BCUT2D eigenvalue weighted by atomic mass is 9.86. The maximum Gasteiger partial charge on any atom is 0.0334 e. The molecule has 0 bridgehead atoms. The molecule has 2 fully saturated rings. The van der Waals surface area contributed by atoms with Crippen LogP contribution < -0.4 is 5.73 Å². The first-order valence-electron chi connectivity index (χ1n) is 8.61. The molecule has 0 amide bonds. The normalized spacial score (nSPS) is 29.3. The van der Waals surface area contributed by atoms with Gasteiger partial charge >= 0.3 is 0 Å². The van der Waals surface area contributed by atoms with Crippen LogP contribution in [0, 0.1) is 17.8 Å². The molecule has 3 rings (SSSR count). The number of benzene rings is 1. The van der Waals surface area contributed by atoms with Crippen LogP contribution in [-0.2, 0) is 19.3 Å². The Morgan fingerprint density at radius 2 is 1.55 bits per heavy atom. The van der Waals surface area contributed by atoms with E-state index in [1.165, 1.54) is 41.5 Å². The quantitative estimate of drug-likeness (QED) is 0.843. The summed E-state index contributed by atoms with van der Waals surface area (Å²) in [7, 11) is 0. The Kier molecular flexibility index (Phi) is 3.90. The van der Waals surface area contributed by atoms with E-state index in [1.54, 1.807) is 0 Å². The zero-order valence-electron chi connectivity index (χ0n) is 13.3. The van der Waals surface area contributed by atoms with Crippen molar-refractivity contribution in [1.82, 2.24) is 0 Å². The topological polar surface area (TPSA) is 26.0 Å². The van der Waals surface area contributed by atoms with E-state index in [0.29, 0.717) is 6.04 Å². The highest BCUT2D eigenvalue weighted by molar-refractivity contribution is 5.43. The Bertz CT molecular complexity index is 456. The molecule has 20 heavy (non-hydrogen) atoms. The molecule has 110 valence electrons. The molecule has 0 saturated heterocycles. The molecule has 3 atom stereocenters. The van der Waals surface area contributed by atoms with Crippen molar-refractivity contribution in [1.29, 1.82) is 0 Å². The van der Waals surface area contributed by atoms with E-state index in [0.717, 1.165) is 37.0 Å². The first-order chi connectivity index (χ1) is 9.71. The fourth-order valence-corrected chi connectivity index (χ4v) is 4.67. The second-order valence-electron chi connectivity index (χ2n) is 6.75. The van der Waals surface area contributed by atoms with Crippen molar-refractivity contribution in [3.8, 4) is 0 Å². The molecule has 0 spiro atoms. The van der Waals surface area contributed by atoms with Gasteiger partial charge in [0.25, 0.3) is 0 Å². The number of rotatable bonds is 5. The van der Waals surface area contributed by atoms with Gasteiger partial charge in [0.15, 0.2) is 0 Å². The first kappa shape index (κ1) is 14.1. The van der Waals surface area contributed by atoms with Crippen molar-refractivity contribution >= 4 is 0 Å². The monoisotopic (exact) mass is 271 g/mol. The average Bonchev–Trinajstić information content (AvgIpc) is 2.97. The maximum atomic E-state index is 6.73. The summed E-state index contributed by atoms with van der Waals surface area (Å²) in [6.07, 6.45) is 7.66. The summed E-state index contributed by atoms with van der Waals surface area (Å²) >= 11 is 0. The van der Waals surface area contributed by atoms with E-state index in [-0.39, 0.29) is 0 Å². The number of fused-ring (bicyclic) bond motifs is 1. The molecule has 0 aliphatic heterocycles. The van der Waals surface area contributed by atoms with Gasteiger partial charge in [-0.25, -0.2) is 0 Å². The summed E-state index contributed by atoms with van der Waals surface area (Å²) in [6.45, 7) is 6.80. The largest absolute Gasteiger partial charge is 0.324 e. The maximum absolute atomic E-state index is 6.73. The fourth-order valence-electron chi connectivity index (χ4n) is 4.67. The summed E-state index contributed by atoms with van der Waals surface area (Å²) < 4.78 is 0. The van der Waals surface area contributed by atoms with Crippen LogP contribution in [0.2, 0.25) is 0 Å². The van der Waals surface area contributed by atoms with E-state index in [9.17, 15) is 0 Å². The summed E-state index contributed by atoms with van der Waals surface area (Å²) in [5.41, 5.74) is 12.7. The Balaban J connectivity index is 1.94. The van der Waals surface area contributed by atoms with Gasteiger partial charge in [0.1, 0.15) is 0 Å². The molecule has 1 aromatic rings. The van der Waals surface area contributed by atoms with E-state index in [1.807, 2.05) is 0 Å².